The van der Waals surface area contributed by atoms with E-state index < -0.39 is 0 Å². The van der Waals surface area contributed by atoms with Crippen molar-refractivity contribution in [3.05, 3.63) is 190 Å². The Morgan fingerprint density at radius 2 is 0.700 bits per heavy atom. The molecule has 0 unspecified atom stereocenters. The molecule has 5 heterocycles. The predicted octanol–water partition coefficient (Wildman–Crippen LogP) is 7.40. The van der Waals surface area contributed by atoms with Gasteiger partial charge >= 0.3 is 0 Å². The first-order chi connectivity index (χ1) is 29.3. The van der Waals surface area contributed by atoms with Crippen molar-refractivity contribution < 1.29 is 9.47 Å². The molecule has 4 aromatic carbocycles. The van der Waals surface area contributed by atoms with Gasteiger partial charge in [-0.05, 0) is 121 Å². The third-order valence-electron chi connectivity index (χ3n) is 9.25. The minimum absolute atomic E-state index is 0.308. The Hall–Kier alpha value is -9.22. The zero-order valence-corrected chi connectivity index (χ0v) is 31.7. The van der Waals surface area contributed by atoms with Crippen molar-refractivity contribution in [1.29, 1.82) is 0 Å². The van der Waals surface area contributed by atoms with E-state index in [0.717, 1.165) is 22.3 Å². The molecule has 0 saturated carbocycles. The van der Waals surface area contributed by atoms with Gasteiger partial charge in [0.15, 0.2) is 0 Å². The van der Waals surface area contributed by atoms with Crippen LogP contribution in [0.3, 0.4) is 0 Å². The van der Waals surface area contributed by atoms with Gasteiger partial charge in [0.2, 0.25) is 23.6 Å². The monoisotopic (exact) mass is 776 g/mol. The van der Waals surface area contributed by atoms with E-state index in [1.807, 2.05) is 72.8 Å². The average Bonchev–Trinajstić information content (AvgIpc) is 4.08. The summed E-state index contributed by atoms with van der Waals surface area (Å²) in [6.07, 6.45) is 7.22. The highest BCUT2D eigenvalue weighted by molar-refractivity contribution is 5.99. The van der Waals surface area contributed by atoms with E-state index in [1.165, 1.54) is 0 Å². The standard InChI is InChI=1S/C50H32N8O2/c51-37-15-3-31(4-16-37)1-13-35-29-45-41(23-11-33-7-19-39(53)20-8-33)43-26-28-48(56-43)60-50-36(14-2-32-5-17-38(52)18-6-32)30-46(58-50)42(24-12-34-9-21-40(54)22-10-34)44-25-27-47(55-44)59-49(35)57-45/h3-10,15-22,25-30,57-58H,51-54H2. The summed E-state index contributed by atoms with van der Waals surface area (Å²) in [5, 5.41) is 0. The molecule has 2 aromatic heterocycles. The fraction of sp³-hybridized carbons (Fsp3) is 0. The summed E-state index contributed by atoms with van der Waals surface area (Å²) in [7, 11) is 0. The molecule has 8 bridgehead atoms. The number of anilines is 4. The molecule has 10 N–H and O–H groups in total. The third kappa shape index (κ3) is 8.17. The highest BCUT2D eigenvalue weighted by Crippen LogP contribution is 2.33. The molecule has 284 valence electrons. The number of allylic oxidation sites excluding steroid dienone is 4. The number of hydrogen-bond donors (Lipinski definition) is 6. The number of rotatable bonds is 0. The number of hydrogen-bond acceptors (Lipinski definition) is 8. The van der Waals surface area contributed by atoms with Gasteiger partial charge in [0.05, 0.1) is 45.1 Å². The minimum atomic E-state index is 0.308. The quantitative estimate of drug-likeness (QED) is 0.0691. The molecule has 3 aliphatic heterocycles. The average molecular weight is 777 g/mol. The first-order valence-electron chi connectivity index (χ1n) is 18.6. The van der Waals surface area contributed by atoms with Crippen molar-refractivity contribution in [3.63, 3.8) is 0 Å². The Balaban J connectivity index is 1.22. The normalized spacial score (nSPS) is 13.3. The van der Waals surface area contributed by atoms with Crippen molar-refractivity contribution in [2.45, 2.75) is 0 Å². The third-order valence-corrected chi connectivity index (χ3v) is 9.25. The fourth-order valence-corrected chi connectivity index (χ4v) is 6.13. The lowest BCUT2D eigenvalue weighted by Gasteiger charge is -2.05. The number of ether oxygens (including phenoxy) is 2. The first-order valence-corrected chi connectivity index (χ1v) is 18.6. The maximum Gasteiger partial charge on any atom is 0.221 e. The van der Waals surface area contributed by atoms with Crippen LogP contribution in [0, 0.1) is 47.4 Å². The molecule has 0 fully saturated rings. The lowest BCUT2D eigenvalue weighted by Crippen LogP contribution is -2.05. The van der Waals surface area contributed by atoms with Crippen LogP contribution in [0.4, 0.5) is 22.7 Å². The number of nitrogens with two attached hydrogens (primary N) is 4. The van der Waals surface area contributed by atoms with Gasteiger partial charge in [-0.3, -0.25) is 0 Å². The SMILES string of the molecule is Nc1ccc(C#CC2=C3C=CC(=N3)Oc3[nH]c(cc3C#Cc3ccc(N)cc3)C(C#Cc3ccc(N)cc3)=C3C=CC(=N3)Oc3[nH]c2cc3C#Cc2ccc(N)cc2)cc1. The lowest BCUT2D eigenvalue weighted by atomic mass is 10.1. The highest BCUT2D eigenvalue weighted by atomic mass is 16.5. The molecule has 0 saturated heterocycles. The van der Waals surface area contributed by atoms with Gasteiger partial charge in [-0.1, -0.05) is 47.4 Å². The smallest absolute Gasteiger partial charge is 0.221 e. The number of nitrogen functional groups attached to an aromatic ring is 4. The van der Waals surface area contributed by atoms with Crippen LogP contribution >= 0.6 is 0 Å². The van der Waals surface area contributed by atoms with E-state index in [-0.39, 0.29) is 0 Å². The summed E-state index contributed by atoms with van der Waals surface area (Å²) in [6.45, 7) is 0. The number of aliphatic imine (C=N–C) groups is 2. The Kier molecular flexibility index (Phi) is 9.55. The Morgan fingerprint density at radius 3 is 1.03 bits per heavy atom. The summed E-state index contributed by atoms with van der Waals surface area (Å²) >= 11 is 0. The molecule has 0 amide bonds. The molecule has 10 nitrogen and oxygen atoms in total. The summed E-state index contributed by atoms with van der Waals surface area (Å²) in [4.78, 5) is 16.6. The molecular weight excluding hydrogens is 745 g/mol. The van der Waals surface area contributed by atoms with Crippen LogP contribution in [0.5, 0.6) is 11.8 Å². The van der Waals surface area contributed by atoms with Gasteiger partial charge in [0.25, 0.3) is 0 Å². The topological polar surface area (TPSA) is 179 Å². The van der Waals surface area contributed by atoms with E-state index in [0.29, 0.717) is 91.4 Å². The van der Waals surface area contributed by atoms with Crippen LogP contribution in [0.2, 0.25) is 0 Å². The molecule has 0 atom stereocenters. The summed E-state index contributed by atoms with van der Waals surface area (Å²) in [5.74, 6) is 27.5. The number of benzene rings is 4. The van der Waals surface area contributed by atoms with Crippen molar-refractivity contribution in [1.82, 2.24) is 9.97 Å². The number of aromatic amines is 2. The Labute approximate surface area is 345 Å². The number of nitrogens with one attached hydrogen (secondary N) is 2. The largest absolute Gasteiger partial charge is 0.421 e. The van der Waals surface area contributed by atoms with Crippen LogP contribution in [0.1, 0.15) is 44.8 Å². The molecule has 60 heavy (non-hydrogen) atoms. The fourth-order valence-electron chi connectivity index (χ4n) is 6.13. The van der Waals surface area contributed by atoms with E-state index in [4.69, 9.17) is 42.4 Å². The first kappa shape index (κ1) is 36.4. The van der Waals surface area contributed by atoms with Gasteiger partial charge in [0, 0.05) is 57.2 Å². The highest BCUT2D eigenvalue weighted by Gasteiger charge is 2.22. The zero-order chi connectivity index (χ0) is 41.0. The van der Waals surface area contributed by atoms with Crippen molar-refractivity contribution in [3.8, 4) is 59.1 Å². The van der Waals surface area contributed by atoms with Gasteiger partial charge in [-0.15, -0.1) is 0 Å². The molecule has 0 aliphatic carbocycles. The van der Waals surface area contributed by atoms with Gasteiger partial charge in [0.1, 0.15) is 0 Å². The molecule has 9 rings (SSSR count). The molecular formula is C50H32N8O2. The van der Waals surface area contributed by atoms with Crippen LogP contribution in [-0.4, -0.2) is 21.8 Å². The predicted molar refractivity (Wildman–Crippen MR) is 239 cm³/mol. The molecule has 3 aliphatic rings. The maximum atomic E-state index is 6.49. The van der Waals surface area contributed by atoms with Crippen LogP contribution in [-0.2, 0) is 0 Å². The van der Waals surface area contributed by atoms with Crippen molar-refractivity contribution in [2.75, 3.05) is 22.9 Å². The van der Waals surface area contributed by atoms with E-state index in [1.54, 1.807) is 60.7 Å². The van der Waals surface area contributed by atoms with Crippen molar-refractivity contribution >= 4 is 45.7 Å². The molecule has 6 aromatic rings. The second-order valence-corrected chi connectivity index (χ2v) is 13.6. The zero-order valence-electron chi connectivity index (χ0n) is 31.7. The number of fused-ring (bicyclic) bond motifs is 6. The Morgan fingerprint density at radius 1 is 0.383 bits per heavy atom. The summed E-state index contributed by atoms with van der Waals surface area (Å²) < 4.78 is 13.0. The number of nitrogens with zero attached hydrogens (tertiary/aromatic N) is 2. The van der Waals surface area contributed by atoms with Crippen LogP contribution in [0.15, 0.2) is 155 Å². The number of H-pyrrole nitrogens is 2. The lowest BCUT2D eigenvalue weighted by molar-refractivity contribution is 0.534. The van der Waals surface area contributed by atoms with Crippen LogP contribution in [0.25, 0.3) is 11.1 Å². The van der Waals surface area contributed by atoms with Gasteiger partial charge < -0.3 is 42.4 Å². The summed E-state index contributed by atoms with van der Waals surface area (Å²) in [5.41, 5.74) is 34.0. The van der Waals surface area contributed by atoms with E-state index in [9.17, 15) is 0 Å². The van der Waals surface area contributed by atoms with E-state index >= 15 is 0 Å². The summed E-state index contributed by atoms with van der Waals surface area (Å²) in [6, 6.07) is 33.1. The van der Waals surface area contributed by atoms with Crippen molar-refractivity contribution in [2.24, 2.45) is 9.98 Å². The number of aromatic nitrogens is 2. The minimum Gasteiger partial charge on any atom is -0.421 e. The van der Waals surface area contributed by atoms with Gasteiger partial charge in [-0.25, -0.2) is 9.98 Å². The Bertz CT molecular complexity index is 2940. The second kappa shape index (κ2) is 15.7. The maximum absolute atomic E-state index is 6.49. The van der Waals surface area contributed by atoms with E-state index in [2.05, 4.69) is 57.3 Å². The van der Waals surface area contributed by atoms with Gasteiger partial charge in [-0.2, -0.15) is 0 Å². The second-order valence-electron chi connectivity index (χ2n) is 13.6. The van der Waals surface area contributed by atoms with Crippen LogP contribution < -0.4 is 32.4 Å². The molecule has 10 heteroatoms. The molecule has 0 radical (unpaired) electrons. The molecule has 0 spiro atoms.